The number of nitrogens with zero attached hydrogens (tertiary/aromatic N) is 2. The van der Waals surface area contributed by atoms with Gasteiger partial charge in [0, 0.05) is 38.8 Å². The largest absolute Gasteiger partial charge is 0.370 e. The topological polar surface area (TPSA) is 23.6 Å². The lowest BCUT2D eigenvalue weighted by Gasteiger charge is -2.23. The highest BCUT2D eigenvalue weighted by Gasteiger charge is 2.16. The van der Waals surface area contributed by atoms with Crippen molar-refractivity contribution >= 4 is 11.6 Å². The van der Waals surface area contributed by atoms with Gasteiger partial charge in [0.05, 0.1) is 0 Å². The lowest BCUT2D eigenvalue weighted by Crippen LogP contribution is -2.33. The summed E-state index contributed by atoms with van der Waals surface area (Å²) in [6.07, 6.45) is 1.05. The van der Waals surface area contributed by atoms with Crippen LogP contribution >= 0.6 is 0 Å². The Morgan fingerprint density at radius 3 is 2.50 bits per heavy atom. The first kappa shape index (κ1) is 11.0. The van der Waals surface area contributed by atoms with Crippen molar-refractivity contribution in [1.82, 2.24) is 4.90 Å². The molecule has 0 aliphatic carbocycles. The molecule has 0 aromatic heterocycles. The van der Waals surface area contributed by atoms with Crippen molar-refractivity contribution in [1.29, 1.82) is 0 Å². The first-order valence-electron chi connectivity index (χ1n) is 5.83. The summed E-state index contributed by atoms with van der Waals surface area (Å²) in [4.78, 5) is 15.6. The predicted octanol–water partition coefficient (Wildman–Crippen LogP) is 1.75. The van der Waals surface area contributed by atoms with Gasteiger partial charge in [0.25, 0.3) is 0 Å². The molecule has 1 aliphatic heterocycles. The van der Waals surface area contributed by atoms with Crippen molar-refractivity contribution in [3.8, 4) is 0 Å². The van der Waals surface area contributed by atoms with Crippen LogP contribution in [0.1, 0.15) is 13.3 Å². The lowest BCUT2D eigenvalue weighted by atomic mass is 10.3. The molecular formula is C13H18N2O. The predicted molar refractivity (Wildman–Crippen MR) is 65.5 cm³/mol. The van der Waals surface area contributed by atoms with Crippen LogP contribution in [0, 0.1) is 0 Å². The van der Waals surface area contributed by atoms with Gasteiger partial charge in [0.1, 0.15) is 0 Å². The molecule has 1 aromatic rings. The Hall–Kier alpha value is -1.51. The second kappa shape index (κ2) is 5.01. The first-order valence-corrected chi connectivity index (χ1v) is 5.83. The van der Waals surface area contributed by atoms with Gasteiger partial charge in [-0.1, -0.05) is 18.2 Å². The van der Waals surface area contributed by atoms with E-state index in [1.54, 1.807) is 6.92 Å². The summed E-state index contributed by atoms with van der Waals surface area (Å²) >= 11 is 0. The maximum Gasteiger partial charge on any atom is 0.219 e. The van der Waals surface area contributed by atoms with Crippen LogP contribution in [0.15, 0.2) is 30.3 Å². The lowest BCUT2D eigenvalue weighted by molar-refractivity contribution is -0.128. The second-order valence-electron chi connectivity index (χ2n) is 4.18. The minimum absolute atomic E-state index is 0.190. The molecule has 1 saturated heterocycles. The van der Waals surface area contributed by atoms with Gasteiger partial charge < -0.3 is 9.80 Å². The Labute approximate surface area is 96.7 Å². The summed E-state index contributed by atoms with van der Waals surface area (Å²) in [5, 5.41) is 0. The molecule has 1 heterocycles. The molecule has 1 aromatic carbocycles. The fraction of sp³-hybridized carbons (Fsp3) is 0.462. The summed E-state index contributed by atoms with van der Waals surface area (Å²) in [5.74, 6) is 0.190. The van der Waals surface area contributed by atoms with Crippen molar-refractivity contribution in [3.63, 3.8) is 0 Å². The summed E-state index contributed by atoms with van der Waals surface area (Å²) in [6.45, 7) is 5.35. The monoisotopic (exact) mass is 218 g/mol. The van der Waals surface area contributed by atoms with E-state index < -0.39 is 0 Å². The van der Waals surface area contributed by atoms with Crippen LogP contribution in [-0.4, -0.2) is 37.0 Å². The molecule has 1 fully saturated rings. The Morgan fingerprint density at radius 2 is 1.81 bits per heavy atom. The minimum atomic E-state index is 0.190. The molecule has 0 saturated carbocycles. The summed E-state index contributed by atoms with van der Waals surface area (Å²) in [7, 11) is 0. The number of rotatable bonds is 1. The molecule has 0 atom stereocenters. The zero-order valence-electron chi connectivity index (χ0n) is 9.72. The van der Waals surface area contributed by atoms with Crippen molar-refractivity contribution in [2.24, 2.45) is 0 Å². The van der Waals surface area contributed by atoms with Crippen molar-refractivity contribution in [2.45, 2.75) is 13.3 Å². The maximum absolute atomic E-state index is 11.3. The van der Waals surface area contributed by atoms with Crippen LogP contribution in [0.25, 0.3) is 0 Å². The third kappa shape index (κ3) is 2.54. The molecule has 2 rings (SSSR count). The highest BCUT2D eigenvalue weighted by molar-refractivity contribution is 5.73. The number of para-hydroxylation sites is 1. The number of carbonyl (C=O) groups excluding carboxylic acids is 1. The van der Waals surface area contributed by atoms with Crippen LogP contribution < -0.4 is 4.90 Å². The summed E-state index contributed by atoms with van der Waals surface area (Å²) in [6, 6.07) is 10.4. The van der Waals surface area contributed by atoms with Crippen LogP contribution in [0.5, 0.6) is 0 Å². The Kier molecular flexibility index (Phi) is 3.44. The van der Waals surface area contributed by atoms with Gasteiger partial charge >= 0.3 is 0 Å². The zero-order valence-corrected chi connectivity index (χ0v) is 9.72. The molecular weight excluding hydrogens is 200 g/mol. The van der Waals surface area contributed by atoms with E-state index in [2.05, 4.69) is 29.2 Å². The third-order valence-corrected chi connectivity index (χ3v) is 3.06. The molecule has 16 heavy (non-hydrogen) atoms. The number of hydrogen-bond acceptors (Lipinski definition) is 2. The van der Waals surface area contributed by atoms with Crippen molar-refractivity contribution in [2.75, 3.05) is 31.1 Å². The van der Waals surface area contributed by atoms with E-state index in [-0.39, 0.29) is 5.91 Å². The van der Waals surface area contributed by atoms with Gasteiger partial charge in [-0.2, -0.15) is 0 Å². The number of amides is 1. The summed E-state index contributed by atoms with van der Waals surface area (Å²) < 4.78 is 0. The Bertz CT molecular complexity index is 350. The van der Waals surface area contributed by atoms with Gasteiger partial charge in [-0.05, 0) is 18.6 Å². The third-order valence-electron chi connectivity index (χ3n) is 3.06. The SMILES string of the molecule is CC(=O)N1CCCN(c2ccccc2)CC1. The van der Waals surface area contributed by atoms with E-state index in [9.17, 15) is 4.79 Å². The number of carbonyl (C=O) groups is 1. The zero-order chi connectivity index (χ0) is 11.4. The highest BCUT2D eigenvalue weighted by atomic mass is 16.2. The van der Waals surface area contributed by atoms with Gasteiger partial charge in [-0.15, -0.1) is 0 Å². The fourth-order valence-corrected chi connectivity index (χ4v) is 2.13. The van der Waals surface area contributed by atoms with Crippen LogP contribution in [0.2, 0.25) is 0 Å². The minimum Gasteiger partial charge on any atom is -0.370 e. The normalized spacial score (nSPS) is 17.1. The van der Waals surface area contributed by atoms with E-state index in [1.165, 1.54) is 5.69 Å². The molecule has 1 amide bonds. The standard InChI is InChI=1S/C13H18N2O/c1-12(16)14-8-5-9-15(11-10-14)13-6-3-2-4-7-13/h2-4,6-7H,5,8-11H2,1H3. The van der Waals surface area contributed by atoms with Crippen LogP contribution in [0.3, 0.4) is 0 Å². The van der Waals surface area contributed by atoms with Gasteiger partial charge in [0.15, 0.2) is 0 Å². The molecule has 0 radical (unpaired) electrons. The number of anilines is 1. The fourth-order valence-electron chi connectivity index (χ4n) is 2.13. The van der Waals surface area contributed by atoms with E-state index >= 15 is 0 Å². The van der Waals surface area contributed by atoms with Crippen LogP contribution in [0.4, 0.5) is 5.69 Å². The average Bonchev–Trinajstić information content (AvgIpc) is 2.55. The average molecular weight is 218 g/mol. The molecule has 0 unspecified atom stereocenters. The van der Waals surface area contributed by atoms with Gasteiger partial charge in [-0.3, -0.25) is 4.79 Å². The van der Waals surface area contributed by atoms with Crippen molar-refractivity contribution < 1.29 is 4.79 Å². The molecule has 0 bridgehead atoms. The molecule has 1 aliphatic rings. The van der Waals surface area contributed by atoms with Crippen molar-refractivity contribution in [3.05, 3.63) is 30.3 Å². The molecule has 0 spiro atoms. The van der Waals surface area contributed by atoms with Crippen LogP contribution in [-0.2, 0) is 4.79 Å². The van der Waals surface area contributed by atoms with E-state index in [4.69, 9.17) is 0 Å². The molecule has 86 valence electrons. The Morgan fingerprint density at radius 1 is 1.06 bits per heavy atom. The Balaban J connectivity index is 2.02. The van der Waals surface area contributed by atoms with Gasteiger partial charge in [0.2, 0.25) is 5.91 Å². The van der Waals surface area contributed by atoms with E-state index in [1.807, 2.05) is 11.0 Å². The van der Waals surface area contributed by atoms with E-state index in [0.717, 1.165) is 32.6 Å². The highest BCUT2D eigenvalue weighted by Crippen LogP contribution is 2.15. The molecule has 3 heteroatoms. The number of hydrogen-bond donors (Lipinski definition) is 0. The second-order valence-corrected chi connectivity index (χ2v) is 4.18. The molecule has 3 nitrogen and oxygen atoms in total. The quantitative estimate of drug-likeness (QED) is 0.717. The smallest absolute Gasteiger partial charge is 0.219 e. The van der Waals surface area contributed by atoms with Gasteiger partial charge in [-0.25, -0.2) is 0 Å². The molecule has 0 N–H and O–H groups in total. The first-order chi connectivity index (χ1) is 7.77. The van der Waals surface area contributed by atoms with E-state index in [0.29, 0.717) is 0 Å². The summed E-state index contributed by atoms with van der Waals surface area (Å²) in [5.41, 5.74) is 1.26. The maximum atomic E-state index is 11.3. The number of benzene rings is 1.